The second-order valence-electron chi connectivity index (χ2n) is 15.6. The first-order valence-corrected chi connectivity index (χ1v) is 25.2. The fourth-order valence-corrected chi connectivity index (χ4v) is 6.99. The molecule has 0 unspecified atom stereocenters. The van der Waals surface area contributed by atoms with Crippen LogP contribution in [0.5, 0.6) is 0 Å². The maximum absolute atomic E-state index is 13.6. The second kappa shape index (κ2) is 33.0. The fraction of sp³-hybridized carbons (Fsp3) is 0.744. The Morgan fingerprint density at radius 2 is 0.985 bits per heavy atom. The third kappa shape index (κ3) is 24.5. The molecule has 26 heteroatoms. The monoisotopic (exact) mass is 980 g/mol. The van der Waals surface area contributed by atoms with Gasteiger partial charge in [0.15, 0.2) is 5.96 Å². The zero-order valence-corrected chi connectivity index (χ0v) is 41.0. The third-order valence-corrected chi connectivity index (χ3v) is 11.5. The Morgan fingerprint density at radius 1 is 0.554 bits per heavy atom. The molecule has 0 radical (unpaired) electrons. The minimum absolute atomic E-state index is 0.00804. The Hall–Kier alpha value is -4.53. The van der Waals surface area contributed by atoms with Gasteiger partial charge in [-0.1, -0.05) is 27.7 Å². The van der Waals surface area contributed by atoms with Crippen LogP contribution in [0, 0.1) is 11.8 Å². The normalized spacial score (nSPS) is 14.8. The summed E-state index contributed by atoms with van der Waals surface area (Å²) in [6.45, 7) is 6.51. The molecule has 65 heavy (non-hydrogen) atoms. The zero-order valence-electron chi connectivity index (χ0n) is 38.5. The van der Waals surface area contributed by atoms with Crippen molar-refractivity contribution in [3.63, 3.8) is 0 Å². The van der Waals surface area contributed by atoms with Gasteiger partial charge in [-0.25, -0.2) is 4.79 Å². The van der Waals surface area contributed by atoms with E-state index in [1.807, 2.05) is 12.5 Å². The molecule has 0 aromatic carbocycles. The lowest BCUT2D eigenvalue weighted by Gasteiger charge is -2.26. The summed E-state index contributed by atoms with van der Waals surface area (Å²) < 4.78 is 0. The minimum Gasteiger partial charge on any atom is -0.480 e. The zero-order chi connectivity index (χ0) is 49.8. The number of thioether (sulfide) groups is 3. The van der Waals surface area contributed by atoms with E-state index in [0.29, 0.717) is 17.3 Å². The molecule has 0 aromatic heterocycles. The van der Waals surface area contributed by atoms with Crippen molar-refractivity contribution in [2.24, 2.45) is 34.0 Å². The van der Waals surface area contributed by atoms with Gasteiger partial charge in [-0.05, 0) is 86.9 Å². The number of amides is 8. The molecule has 0 rings (SSSR count). The predicted molar refractivity (Wildman–Crippen MR) is 253 cm³/mol. The molecule has 0 saturated heterocycles. The number of aliphatic hydroxyl groups is 1. The number of guanidine groups is 1. The summed E-state index contributed by atoms with van der Waals surface area (Å²) in [6.07, 6.45) is 6.27. The molecule has 0 fully saturated rings. The number of aliphatic carboxylic acids is 1. The summed E-state index contributed by atoms with van der Waals surface area (Å²) in [4.78, 5) is 121. The van der Waals surface area contributed by atoms with Crippen LogP contribution in [-0.2, 0) is 43.2 Å². The molecule has 0 spiro atoms. The van der Waals surface area contributed by atoms with Crippen molar-refractivity contribution in [2.45, 2.75) is 115 Å². The van der Waals surface area contributed by atoms with E-state index in [-0.39, 0.29) is 50.5 Å². The van der Waals surface area contributed by atoms with Gasteiger partial charge in [0.2, 0.25) is 47.3 Å². The molecule has 0 aromatic rings. The van der Waals surface area contributed by atoms with Crippen LogP contribution in [0.15, 0.2) is 4.99 Å². The topological polar surface area (TPSA) is 381 Å². The highest BCUT2D eigenvalue weighted by Gasteiger charge is 2.33. The molecular weight excluding hydrogens is 909 g/mol. The van der Waals surface area contributed by atoms with Crippen molar-refractivity contribution in [3.05, 3.63) is 0 Å². The van der Waals surface area contributed by atoms with E-state index < -0.39 is 121 Å². The summed E-state index contributed by atoms with van der Waals surface area (Å²) in [5.74, 6) is -6.79. The lowest BCUT2D eigenvalue weighted by atomic mass is 10.0. The average Bonchev–Trinajstić information content (AvgIpc) is 3.24. The first kappa shape index (κ1) is 60.5. The van der Waals surface area contributed by atoms with Gasteiger partial charge < -0.3 is 69.9 Å². The van der Waals surface area contributed by atoms with Crippen molar-refractivity contribution in [2.75, 3.05) is 55.7 Å². The van der Waals surface area contributed by atoms with Gasteiger partial charge in [0.1, 0.15) is 42.3 Å². The molecular formula is C39H72N12O11S3. The maximum Gasteiger partial charge on any atom is 0.326 e. The molecule has 8 amide bonds. The third-order valence-electron chi connectivity index (χ3n) is 9.57. The molecule has 0 aliphatic rings. The number of nitrogens with one attached hydrogen (secondary N) is 8. The summed E-state index contributed by atoms with van der Waals surface area (Å²) in [6, 6.07) is -9.49. The first-order chi connectivity index (χ1) is 30.5. The SMILES string of the molecule is CSCC[C@H](NC(=O)[C@H](CCSC)NC(=O)[C@H](CCSC)NC(=O)[C@@H](N)C(C)C)C(=O)NCC(=O)N[C@@H](CO)C(=O)N[C@@H](C)C(=O)N[C@@H](CCCN=C(N)N)C(=O)N[C@H](C(=O)O)C(C)C. The van der Waals surface area contributed by atoms with Gasteiger partial charge in [0.05, 0.1) is 19.2 Å². The quantitative estimate of drug-likeness (QED) is 0.0173. The van der Waals surface area contributed by atoms with Crippen LogP contribution < -0.4 is 59.7 Å². The number of carbonyl (C=O) groups excluding carboxylic acids is 8. The van der Waals surface area contributed by atoms with Crippen LogP contribution in [0.1, 0.15) is 66.7 Å². The summed E-state index contributed by atoms with van der Waals surface area (Å²) in [7, 11) is 0. The lowest BCUT2D eigenvalue weighted by Crippen LogP contribution is -2.59. The van der Waals surface area contributed by atoms with Crippen LogP contribution in [-0.4, -0.2) is 173 Å². The van der Waals surface area contributed by atoms with E-state index in [4.69, 9.17) is 17.2 Å². The molecule has 372 valence electrons. The first-order valence-electron chi connectivity index (χ1n) is 21.1. The van der Waals surface area contributed by atoms with Crippen LogP contribution in [0.25, 0.3) is 0 Å². The Labute approximate surface area is 393 Å². The van der Waals surface area contributed by atoms with Gasteiger partial charge in [-0.15, -0.1) is 0 Å². The molecule has 0 aliphatic heterocycles. The Bertz CT molecular complexity index is 1610. The Morgan fingerprint density at radius 3 is 1.42 bits per heavy atom. The van der Waals surface area contributed by atoms with Gasteiger partial charge in [-0.3, -0.25) is 43.3 Å². The van der Waals surface area contributed by atoms with E-state index in [2.05, 4.69) is 47.5 Å². The summed E-state index contributed by atoms with van der Waals surface area (Å²) >= 11 is 4.30. The van der Waals surface area contributed by atoms with Crippen molar-refractivity contribution >= 4 is 94.5 Å². The van der Waals surface area contributed by atoms with Crippen LogP contribution in [0.4, 0.5) is 0 Å². The van der Waals surface area contributed by atoms with E-state index in [1.165, 1.54) is 42.2 Å². The lowest BCUT2D eigenvalue weighted by molar-refractivity contribution is -0.143. The molecule has 8 atom stereocenters. The van der Waals surface area contributed by atoms with Gasteiger partial charge in [0, 0.05) is 6.54 Å². The number of hydrogen-bond acceptors (Lipinski definition) is 15. The van der Waals surface area contributed by atoms with Crippen molar-refractivity contribution < 1.29 is 53.4 Å². The highest BCUT2D eigenvalue weighted by atomic mass is 32.2. The maximum atomic E-state index is 13.6. The molecule has 0 saturated carbocycles. The average molecular weight is 981 g/mol. The number of rotatable bonds is 33. The number of aliphatic imine (C=N–C) groups is 1. The van der Waals surface area contributed by atoms with Crippen LogP contribution >= 0.6 is 35.3 Å². The van der Waals surface area contributed by atoms with Gasteiger partial charge >= 0.3 is 5.97 Å². The molecule has 23 nitrogen and oxygen atoms in total. The van der Waals surface area contributed by atoms with E-state index >= 15 is 0 Å². The smallest absolute Gasteiger partial charge is 0.326 e. The number of carboxylic acid groups (broad SMARTS) is 1. The van der Waals surface area contributed by atoms with Crippen molar-refractivity contribution in [3.8, 4) is 0 Å². The van der Waals surface area contributed by atoms with Crippen LogP contribution in [0.3, 0.4) is 0 Å². The summed E-state index contributed by atoms with van der Waals surface area (Å²) in [5.41, 5.74) is 16.7. The highest BCUT2D eigenvalue weighted by Crippen LogP contribution is 2.09. The largest absolute Gasteiger partial charge is 0.480 e. The highest BCUT2D eigenvalue weighted by molar-refractivity contribution is 7.98. The predicted octanol–water partition coefficient (Wildman–Crippen LogP) is -3.45. The summed E-state index contributed by atoms with van der Waals surface area (Å²) in [5, 5.41) is 39.5. The van der Waals surface area contributed by atoms with Gasteiger partial charge in [-0.2, -0.15) is 35.3 Å². The Kier molecular flexibility index (Phi) is 30.7. The molecule has 0 bridgehead atoms. The molecule has 16 N–H and O–H groups in total. The molecule has 0 heterocycles. The molecule has 0 aliphatic carbocycles. The standard InChI is InChI=1S/C39H72N12O11S3/c1-20(2)29(40)37(60)50-26(13-17-65-8)34(57)49-25(12-16-64-7)33(56)48-24(11-15-63-6)32(55)44-18-28(53)46-27(19-52)36(59)45-22(5)31(54)47-23(10-9-14-43-39(41)42)35(58)51-30(21(3)4)38(61)62/h20-27,29-30,52H,9-19,40H2,1-8H3,(H,44,55)(H,45,59)(H,46,53)(H,47,54)(H,48,56)(H,49,57)(H,50,60)(H,51,58)(H,61,62)(H4,41,42,43)/t22-,23-,24-,25-,26-,27-,29-,30-/m0/s1. The van der Waals surface area contributed by atoms with Gasteiger partial charge in [0.25, 0.3) is 0 Å². The number of carbonyl (C=O) groups is 9. The fourth-order valence-electron chi connectivity index (χ4n) is 5.57. The second-order valence-corrected chi connectivity index (χ2v) is 18.6. The number of nitrogens with two attached hydrogens (primary N) is 3. The number of hydrogen-bond donors (Lipinski definition) is 13. The minimum atomic E-state index is -1.59. The van der Waals surface area contributed by atoms with Crippen molar-refractivity contribution in [1.29, 1.82) is 0 Å². The van der Waals surface area contributed by atoms with Crippen molar-refractivity contribution in [1.82, 2.24) is 42.5 Å². The number of nitrogens with zero attached hydrogens (tertiary/aromatic N) is 1. The van der Waals surface area contributed by atoms with E-state index in [9.17, 15) is 53.4 Å². The number of carboxylic acids is 1. The van der Waals surface area contributed by atoms with Crippen LogP contribution in [0.2, 0.25) is 0 Å². The van der Waals surface area contributed by atoms with E-state index in [1.54, 1.807) is 34.0 Å². The number of aliphatic hydroxyl groups excluding tert-OH is 1. The Balaban J connectivity index is 5.78. The van der Waals surface area contributed by atoms with E-state index in [0.717, 1.165) is 0 Å².